The summed E-state index contributed by atoms with van der Waals surface area (Å²) in [4.78, 5) is -0.0305. The highest BCUT2D eigenvalue weighted by atomic mass is 35.5. The van der Waals surface area contributed by atoms with E-state index in [1.54, 1.807) is 0 Å². The molecule has 2 rings (SSSR count). The van der Waals surface area contributed by atoms with Crippen LogP contribution in [0.15, 0.2) is 23.1 Å². The van der Waals surface area contributed by atoms with E-state index in [2.05, 4.69) is 5.32 Å². The molecule has 1 unspecified atom stereocenters. The first-order valence-electron chi connectivity index (χ1n) is 7.13. The molecule has 0 aromatic heterocycles. The third-order valence-electron chi connectivity index (χ3n) is 3.57. The van der Waals surface area contributed by atoms with Crippen LogP contribution >= 0.6 is 11.6 Å². The van der Waals surface area contributed by atoms with Crippen LogP contribution in [-0.4, -0.2) is 38.4 Å². The Balaban J connectivity index is 2.27. The van der Waals surface area contributed by atoms with Crippen molar-refractivity contribution >= 4 is 21.6 Å². The Morgan fingerprint density at radius 2 is 2.24 bits per heavy atom. The zero-order chi connectivity index (χ0) is 15.5. The maximum atomic E-state index is 13.1. The zero-order valence-electron chi connectivity index (χ0n) is 12.0. The van der Waals surface area contributed by atoms with Gasteiger partial charge in [0.1, 0.15) is 10.7 Å². The van der Waals surface area contributed by atoms with Crippen molar-refractivity contribution in [3.8, 4) is 0 Å². The lowest BCUT2D eigenvalue weighted by atomic mass is 10.2. The number of sulfonamides is 1. The minimum absolute atomic E-state index is 0.0305. The number of hydrogen-bond donors (Lipinski definition) is 1. The summed E-state index contributed by atoms with van der Waals surface area (Å²) in [5, 5.41) is 3.22. The van der Waals surface area contributed by atoms with E-state index < -0.39 is 15.8 Å². The fourth-order valence-corrected chi connectivity index (χ4v) is 4.62. The van der Waals surface area contributed by atoms with Gasteiger partial charge in [0.15, 0.2) is 0 Å². The van der Waals surface area contributed by atoms with Gasteiger partial charge in [-0.25, -0.2) is 12.8 Å². The van der Waals surface area contributed by atoms with Crippen LogP contribution in [0.3, 0.4) is 0 Å². The molecule has 7 heteroatoms. The largest absolute Gasteiger partial charge is 0.313 e. The average Bonchev–Trinajstić information content (AvgIpc) is 2.90. The monoisotopic (exact) mass is 334 g/mol. The van der Waals surface area contributed by atoms with Crippen molar-refractivity contribution in [2.24, 2.45) is 0 Å². The predicted molar refractivity (Wildman–Crippen MR) is 81.5 cm³/mol. The number of nitrogens with one attached hydrogen (secondary N) is 1. The van der Waals surface area contributed by atoms with Crippen LogP contribution in [0.5, 0.6) is 0 Å². The Morgan fingerprint density at radius 3 is 2.81 bits per heavy atom. The first kappa shape index (κ1) is 16.7. The van der Waals surface area contributed by atoms with Crippen molar-refractivity contribution in [2.75, 3.05) is 19.6 Å². The van der Waals surface area contributed by atoms with Gasteiger partial charge < -0.3 is 5.32 Å². The lowest BCUT2D eigenvalue weighted by Crippen LogP contribution is -2.41. The molecular formula is C14H20ClFN2O2S. The van der Waals surface area contributed by atoms with Gasteiger partial charge >= 0.3 is 0 Å². The third kappa shape index (κ3) is 3.94. The second kappa shape index (κ2) is 7.05. The molecule has 1 aliphatic rings. The van der Waals surface area contributed by atoms with Crippen LogP contribution < -0.4 is 5.32 Å². The highest BCUT2D eigenvalue weighted by Gasteiger charge is 2.29. The maximum Gasteiger partial charge on any atom is 0.244 e. The first-order chi connectivity index (χ1) is 9.95. The van der Waals surface area contributed by atoms with Crippen molar-refractivity contribution in [3.63, 3.8) is 0 Å². The average molecular weight is 335 g/mol. The van der Waals surface area contributed by atoms with Crippen LogP contribution in [0.4, 0.5) is 4.39 Å². The van der Waals surface area contributed by atoms with Gasteiger partial charge in [0.05, 0.1) is 5.02 Å². The molecule has 1 fully saturated rings. The minimum Gasteiger partial charge on any atom is -0.313 e. The molecule has 0 radical (unpaired) electrons. The van der Waals surface area contributed by atoms with E-state index in [0.29, 0.717) is 19.5 Å². The summed E-state index contributed by atoms with van der Waals surface area (Å²) in [5.41, 5.74) is 0. The van der Waals surface area contributed by atoms with E-state index in [9.17, 15) is 12.8 Å². The van der Waals surface area contributed by atoms with Gasteiger partial charge in [-0.1, -0.05) is 18.5 Å². The molecule has 1 N–H and O–H groups in total. The van der Waals surface area contributed by atoms with Crippen LogP contribution in [0, 0.1) is 5.82 Å². The Kier molecular flexibility index (Phi) is 5.60. The van der Waals surface area contributed by atoms with E-state index in [4.69, 9.17) is 11.6 Å². The Morgan fingerprint density at radius 1 is 1.48 bits per heavy atom. The molecule has 0 amide bonds. The lowest BCUT2D eigenvalue weighted by molar-refractivity contribution is 0.369. The molecule has 0 aliphatic carbocycles. The second-order valence-electron chi connectivity index (χ2n) is 5.23. The van der Waals surface area contributed by atoms with Gasteiger partial charge in [0.2, 0.25) is 10.0 Å². The van der Waals surface area contributed by atoms with E-state index in [1.807, 2.05) is 6.92 Å². The topological polar surface area (TPSA) is 49.4 Å². The molecule has 4 nitrogen and oxygen atoms in total. The van der Waals surface area contributed by atoms with Crippen molar-refractivity contribution in [3.05, 3.63) is 29.0 Å². The summed E-state index contributed by atoms with van der Waals surface area (Å²) in [5.74, 6) is -0.543. The van der Waals surface area contributed by atoms with Gasteiger partial charge in [0.25, 0.3) is 0 Å². The highest BCUT2D eigenvalue weighted by Crippen LogP contribution is 2.26. The Bertz CT molecular complexity index is 589. The zero-order valence-corrected chi connectivity index (χ0v) is 13.6. The van der Waals surface area contributed by atoms with Gasteiger partial charge in [-0.3, -0.25) is 0 Å². The molecule has 118 valence electrons. The van der Waals surface area contributed by atoms with Crippen molar-refractivity contribution < 1.29 is 12.8 Å². The summed E-state index contributed by atoms with van der Waals surface area (Å²) < 4.78 is 40.0. The molecule has 21 heavy (non-hydrogen) atoms. The first-order valence-corrected chi connectivity index (χ1v) is 8.95. The molecule has 0 bridgehead atoms. The second-order valence-corrected chi connectivity index (χ2v) is 7.54. The third-order valence-corrected chi connectivity index (χ3v) is 5.92. The standard InChI is InChI=1S/C14H20ClFN2O2S/c1-2-8-18(10-12-4-3-7-17-12)21(19,20)14-6-5-11(16)9-13(14)15/h5-6,9,12,17H,2-4,7-8,10H2,1H3. The Labute approximate surface area is 130 Å². The number of benzene rings is 1. The van der Waals surface area contributed by atoms with Crippen molar-refractivity contribution in [2.45, 2.75) is 37.1 Å². The molecule has 1 aromatic carbocycles. The number of nitrogens with zero attached hydrogens (tertiary/aromatic N) is 1. The van der Waals surface area contributed by atoms with Gasteiger partial charge in [-0.2, -0.15) is 4.31 Å². The van der Waals surface area contributed by atoms with E-state index in [0.717, 1.165) is 31.5 Å². The van der Waals surface area contributed by atoms with E-state index >= 15 is 0 Å². The normalized spacial score (nSPS) is 19.3. The molecule has 0 saturated carbocycles. The number of hydrogen-bond acceptors (Lipinski definition) is 3. The molecule has 1 heterocycles. The van der Waals surface area contributed by atoms with E-state index in [1.165, 1.54) is 10.4 Å². The summed E-state index contributed by atoms with van der Waals surface area (Å²) in [6, 6.07) is 3.56. The fraction of sp³-hybridized carbons (Fsp3) is 0.571. The summed E-state index contributed by atoms with van der Waals surface area (Å²) in [7, 11) is -3.70. The molecule has 0 spiro atoms. The van der Waals surface area contributed by atoms with Crippen molar-refractivity contribution in [1.82, 2.24) is 9.62 Å². The molecule has 1 aromatic rings. The number of halogens is 2. The lowest BCUT2D eigenvalue weighted by Gasteiger charge is -2.25. The van der Waals surface area contributed by atoms with Gasteiger partial charge in [0, 0.05) is 19.1 Å². The molecule has 1 saturated heterocycles. The number of rotatable bonds is 6. The summed E-state index contributed by atoms with van der Waals surface area (Å²) >= 11 is 5.91. The smallest absolute Gasteiger partial charge is 0.244 e. The maximum absolute atomic E-state index is 13.1. The van der Waals surface area contributed by atoms with Gasteiger partial charge in [-0.05, 0) is 44.0 Å². The van der Waals surface area contributed by atoms with Crippen LogP contribution in [0.2, 0.25) is 5.02 Å². The quantitative estimate of drug-likeness (QED) is 0.870. The van der Waals surface area contributed by atoms with E-state index in [-0.39, 0.29) is 16.0 Å². The van der Waals surface area contributed by atoms with Gasteiger partial charge in [-0.15, -0.1) is 0 Å². The predicted octanol–water partition coefficient (Wildman–Crippen LogP) is 2.63. The Hall–Kier alpha value is -0.690. The molecule has 1 atom stereocenters. The summed E-state index contributed by atoms with van der Waals surface area (Å²) in [6.45, 7) is 3.69. The fourth-order valence-electron chi connectivity index (χ4n) is 2.54. The van der Waals surface area contributed by atoms with Crippen LogP contribution in [0.25, 0.3) is 0 Å². The van der Waals surface area contributed by atoms with Crippen molar-refractivity contribution in [1.29, 1.82) is 0 Å². The van der Waals surface area contributed by atoms with Crippen LogP contribution in [-0.2, 0) is 10.0 Å². The minimum atomic E-state index is -3.70. The van der Waals surface area contributed by atoms with Crippen LogP contribution in [0.1, 0.15) is 26.2 Å². The molecule has 1 aliphatic heterocycles. The SMILES string of the molecule is CCCN(CC1CCCN1)S(=O)(=O)c1ccc(F)cc1Cl. The molecular weight excluding hydrogens is 315 g/mol. The summed E-state index contributed by atoms with van der Waals surface area (Å²) in [6.07, 6.45) is 2.74. The highest BCUT2D eigenvalue weighted by molar-refractivity contribution is 7.89.